The van der Waals surface area contributed by atoms with Gasteiger partial charge in [0.05, 0.1) is 30.8 Å². The van der Waals surface area contributed by atoms with Gasteiger partial charge in [0.1, 0.15) is 5.82 Å². The normalized spacial score (nSPS) is 19.1. The third-order valence-corrected chi connectivity index (χ3v) is 3.28. The molecule has 104 valence electrons. The summed E-state index contributed by atoms with van der Waals surface area (Å²) < 4.78 is 13.8. The fraction of sp³-hybridized carbons (Fsp3) is 0.357. The zero-order valence-electron chi connectivity index (χ0n) is 11.0. The topological polar surface area (TPSA) is 73.2 Å². The number of rotatable bonds is 3. The number of hydrogen-bond donors (Lipinski definition) is 1. The summed E-state index contributed by atoms with van der Waals surface area (Å²) in [7, 11) is 0. The van der Waals surface area contributed by atoms with Gasteiger partial charge in [0.25, 0.3) is 0 Å². The minimum Gasteiger partial charge on any atom is -0.297 e. The molecule has 1 atom stereocenters. The molecule has 1 heterocycles. The Morgan fingerprint density at radius 2 is 2.25 bits per heavy atom. The molecule has 1 N–H and O–H groups in total. The average Bonchev–Trinajstić information content (AvgIpc) is 2.45. The summed E-state index contributed by atoms with van der Waals surface area (Å²) >= 11 is 0. The lowest BCUT2D eigenvalue weighted by Gasteiger charge is -2.31. The number of benzene rings is 1. The number of carbonyl (C=O) groups is 2. The van der Waals surface area contributed by atoms with Gasteiger partial charge in [0.15, 0.2) is 0 Å². The first kappa shape index (κ1) is 14.2. The minimum atomic E-state index is -0.587. The number of carbonyl (C=O) groups excluding carboxylic acids is 2. The van der Waals surface area contributed by atoms with Gasteiger partial charge in [-0.15, -0.1) is 0 Å². The van der Waals surface area contributed by atoms with E-state index in [2.05, 4.69) is 5.32 Å². The summed E-state index contributed by atoms with van der Waals surface area (Å²) in [4.78, 5) is 24.9. The van der Waals surface area contributed by atoms with Crippen LogP contribution in [0.1, 0.15) is 24.5 Å². The first-order chi connectivity index (χ1) is 9.56. The van der Waals surface area contributed by atoms with Crippen LogP contribution in [0.5, 0.6) is 0 Å². The lowest BCUT2D eigenvalue weighted by Crippen LogP contribution is -2.57. The second kappa shape index (κ2) is 5.80. The van der Waals surface area contributed by atoms with Crippen molar-refractivity contribution in [2.45, 2.75) is 25.9 Å². The molecule has 2 rings (SSSR count). The van der Waals surface area contributed by atoms with Gasteiger partial charge in [0, 0.05) is 5.56 Å². The molecule has 1 aromatic rings. The molecule has 0 radical (unpaired) electrons. The summed E-state index contributed by atoms with van der Waals surface area (Å²) in [6.45, 7) is 1.81. The Balaban J connectivity index is 2.22. The van der Waals surface area contributed by atoms with Gasteiger partial charge in [-0.3, -0.25) is 19.8 Å². The van der Waals surface area contributed by atoms with E-state index < -0.39 is 11.9 Å². The van der Waals surface area contributed by atoms with Crippen molar-refractivity contribution in [2.75, 3.05) is 6.54 Å². The Hall–Kier alpha value is -2.26. The van der Waals surface area contributed by atoms with Gasteiger partial charge < -0.3 is 0 Å². The van der Waals surface area contributed by atoms with Gasteiger partial charge >= 0.3 is 0 Å². The Morgan fingerprint density at radius 3 is 2.85 bits per heavy atom. The molecule has 0 aromatic heterocycles. The first-order valence-corrected chi connectivity index (χ1v) is 6.33. The molecule has 20 heavy (non-hydrogen) atoms. The number of nitrogens with zero attached hydrogens (tertiary/aromatic N) is 2. The van der Waals surface area contributed by atoms with Crippen LogP contribution in [0.4, 0.5) is 4.39 Å². The third kappa shape index (κ3) is 2.68. The summed E-state index contributed by atoms with van der Waals surface area (Å²) in [5.41, 5.74) is 0.429. The molecular formula is C14H14FN3O2. The molecule has 1 unspecified atom stereocenters. The largest absolute Gasteiger partial charge is 0.297 e. The smallest absolute Gasteiger partial charge is 0.246 e. The molecule has 0 bridgehead atoms. The van der Waals surface area contributed by atoms with Crippen LogP contribution in [0.2, 0.25) is 0 Å². The van der Waals surface area contributed by atoms with Crippen molar-refractivity contribution in [1.82, 2.24) is 10.2 Å². The zero-order valence-corrected chi connectivity index (χ0v) is 11.0. The number of hydrogen-bond acceptors (Lipinski definition) is 4. The van der Waals surface area contributed by atoms with Crippen LogP contribution in [0.3, 0.4) is 0 Å². The summed E-state index contributed by atoms with van der Waals surface area (Å²) in [5.74, 6) is -1.30. The molecule has 1 aliphatic rings. The highest BCUT2D eigenvalue weighted by Gasteiger charge is 2.33. The molecule has 2 amide bonds. The Kier molecular flexibility index (Phi) is 4.11. The van der Waals surface area contributed by atoms with Crippen molar-refractivity contribution in [3.05, 3.63) is 35.1 Å². The summed E-state index contributed by atoms with van der Waals surface area (Å²) in [5, 5.41) is 11.5. The third-order valence-electron chi connectivity index (χ3n) is 3.28. The fourth-order valence-corrected chi connectivity index (χ4v) is 2.10. The Labute approximate surface area is 116 Å². The number of piperazine rings is 1. The van der Waals surface area contributed by atoms with Crippen LogP contribution >= 0.6 is 0 Å². The highest BCUT2D eigenvalue weighted by Crippen LogP contribution is 2.15. The van der Waals surface area contributed by atoms with E-state index in [0.29, 0.717) is 6.42 Å². The van der Waals surface area contributed by atoms with E-state index in [1.165, 1.54) is 12.1 Å². The predicted octanol–water partition coefficient (Wildman–Crippen LogP) is 0.934. The van der Waals surface area contributed by atoms with Crippen LogP contribution in [0, 0.1) is 17.1 Å². The van der Waals surface area contributed by atoms with Crippen molar-refractivity contribution < 1.29 is 14.0 Å². The zero-order chi connectivity index (χ0) is 14.7. The summed E-state index contributed by atoms with van der Waals surface area (Å²) in [6.07, 6.45) is 0.568. The van der Waals surface area contributed by atoms with E-state index in [9.17, 15) is 14.0 Å². The Morgan fingerprint density at radius 1 is 1.50 bits per heavy atom. The van der Waals surface area contributed by atoms with Crippen LogP contribution in [0.15, 0.2) is 18.2 Å². The number of imide groups is 1. The van der Waals surface area contributed by atoms with Gasteiger partial charge in [0.2, 0.25) is 11.8 Å². The monoisotopic (exact) mass is 275 g/mol. The van der Waals surface area contributed by atoms with Crippen LogP contribution in [0.25, 0.3) is 0 Å². The number of nitrogens with one attached hydrogen (secondary N) is 1. The predicted molar refractivity (Wildman–Crippen MR) is 68.8 cm³/mol. The Bertz CT molecular complexity index is 595. The summed E-state index contributed by atoms with van der Waals surface area (Å²) in [6, 6.07) is 5.42. The van der Waals surface area contributed by atoms with Gasteiger partial charge in [-0.1, -0.05) is 13.0 Å². The molecule has 1 saturated heterocycles. The van der Waals surface area contributed by atoms with Crippen molar-refractivity contribution in [3.63, 3.8) is 0 Å². The molecular weight excluding hydrogens is 261 g/mol. The molecule has 6 heteroatoms. The van der Waals surface area contributed by atoms with Gasteiger partial charge in [-0.2, -0.15) is 5.26 Å². The second-order valence-electron chi connectivity index (χ2n) is 4.58. The highest BCUT2D eigenvalue weighted by molar-refractivity contribution is 6.01. The van der Waals surface area contributed by atoms with Crippen molar-refractivity contribution in [2.24, 2.45) is 0 Å². The average molecular weight is 275 g/mol. The van der Waals surface area contributed by atoms with E-state index in [1.807, 2.05) is 13.0 Å². The van der Waals surface area contributed by atoms with Crippen molar-refractivity contribution in [1.29, 1.82) is 5.26 Å². The molecule has 0 spiro atoms. The van der Waals surface area contributed by atoms with E-state index in [-0.39, 0.29) is 36.0 Å². The van der Waals surface area contributed by atoms with Gasteiger partial charge in [-0.25, -0.2) is 4.39 Å². The van der Waals surface area contributed by atoms with Crippen LogP contribution < -0.4 is 5.32 Å². The maximum atomic E-state index is 13.8. The second-order valence-corrected chi connectivity index (χ2v) is 4.58. The fourth-order valence-electron chi connectivity index (χ4n) is 2.10. The SMILES string of the molecule is CCC1NCC(=O)N(Cc2ccc(C#N)cc2F)C1=O. The quantitative estimate of drug-likeness (QED) is 0.833. The van der Waals surface area contributed by atoms with Crippen LogP contribution in [-0.4, -0.2) is 29.3 Å². The molecule has 1 fully saturated rings. The van der Waals surface area contributed by atoms with E-state index in [0.717, 1.165) is 11.0 Å². The van der Waals surface area contributed by atoms with Crippen LogP contribution in [-0.2, 0) is 16.1 Å². The van der Waals surface area contributed by atoms with Crippen molar-refractivity contribution in [3.8, 4) is 6.07 Å². The molecule has 0 saturated carbocycles. The standard InChI is InChI=1S/C14H14FN3O2/c1-2-12-14(20)18(13(19)7-17-12)8-10-4-3-9(6-16)5-11(10)15/h3-5,12,17H,2,7-8H2,1H3. The van der Waals surface area contributed by atoms with Crippen molar-refractivity contribution >= 4 is 11.8 Å². The lowest BCUT2D eigenvalue weighted by atomic mass is 10.1. The maximum Gasteiger partial charge on any atom is 0.246 e. The molecule has 5 nitrogen and oxygen atoms in total. The maximum absolute atomic E-state index is 13.8. The molecule has 1 aliphatic heterocycles. The highest BCUT2D eigenvalue weighted by atomic mass is 19.1. The number of nitriles is 1. The molecule has 1 aromatic carbocycles. The lowest BCUT2D eigenvalue weighted by molar-refractivity contribution is -0.150. The molecule has 0 aliphatic carbocycles. The van der Waals surface area contributed by atoms with Gasteiger partial charge in [-0.05, 0) is 18.6 Å². The van der Waals surface area contributed by atoms with E-state index in [1.54, 1.807) is 0 Å². The van der Waals surface area contributed by atoms with E-state index in [4.69, 9.17) is 5.26 Å². The number of halogens is 1. The number of amides is 2. The first-order valence-electron chi connectivity index (χ1n) is 6.33. The minimum absolute atomic E-state index is 0.0716. The van der Waals surface area contributed by atoms with E-state index >= 15 is 0 Å².